The first kappa shape index (κ1) is 35.8. The molecule has 3 aliphatic heterocycles. The van der Waals surface area contributed by atoms with Crippen LogP contribution in [0.4, 0.5) is 18.0 Å². The molecule has 9 nitrogen and oxygen atoms in total. The highest BCUT2D eigenvalue weighted by molar-refractivity contribution is 8.03. The Morgan fingerprint density at radius 3 is 2.08 bits per heavy atom. The zero-order valence-corrected chi connectivity index (χ0v) is 28.8. The van der Waals surface area contributed by atoms with E-state index in [-0.39, 0.29) is 12.3 Å². The molecular formula is C38H36F3N3O6S. The van der Waals surface area contributed by atoms with Crippen molar-refractivity contribution in [2.75, 3.05) is 6.54 Å². The number of rotatable bonds is 8. The summed E-state index contributed by atoms with van der Waals surface area (Å²) in [6, 6.07) is 20.4. The molecule has 3 atom stereocenters. The predicted octanol–water partition coefficient (Wildman–Crippen LogP) is 6.46. The first-order chi connectivity index (χ1) is 24.2. The van der Waals surface area contributed by atoms with Gasteiger partial charge in [-0.2, -0.15) is 13.2 Å². The Labute approximate surface area is 297 Å². The molecule has 6 rings (SSSR count). The van der Waals surface area contributed by atoms with Crippen molar-refractivity contribution in [3.8, 4) is 0 Å². The van der Waals surface area contributed by atoms with Crippen LogP contribution in [0.15, 0.2) is 107 Å². The molecule has 3 heterocycles. The Morgan fingerprint density at radius 1 is 0.941 bits per heavy atom. The number of hydrogen-bond donors (Lipinski definition) is 2. The van der Waals surface area contributed by atoms with Gasteiger partial charge in [0.15, 0.2) is 12.1 Å². The molecule has 266 valence electrons. The molecule has 0 aliphatic carbocycles. The molecule has 0 spiro atoms. The molecule has 2 saturated heterocycles. The Hall–Kier alpha value is -5.04. The highest BCUT2D eigenvalue weighted by atomic mass is 32.2. The monoisotopic (exact) mass is 719 g/mol. The first-order valence-corrected chi connectivity index (χ1v) is 17.3. The average Bonchev–Trinajstić information content (AvgIpc) is 3.52. The highest BCUT2D eigenvalue weighted by Crippen LogP contribution is 2.45. The van der Waals surface area contributed by atoms with Gasteiger partial charge in [-0.25, -0.2) is 9.59 Å². The number of carbonyl (C=O) groups excluding carboxylic acids is 4. The van der Waals surface area contributed by atoms with Gasteiger partial charge in [-0.3, -0.25) is 9.59 Å². The topological polar surface area (TPSA) is 114 Å². The van der Waals surface area contributed by atoms with Gasteiger partial charge < -0.3 is 25.0 Å². The Balaban J connectivity index is 1.40. The van der Waals surface area contributed by atoms with Crippen molar-refractivity contribution in [3.05, 3.63) is 129 Å². The fourth-order valence-corrected chi connectivity index (χ4v) is 7.53. The van der Waals surface area contributed by atoms with Crippen LogP contribution in [0.25, 0.3) is 0 Å². The fourth-order valence-electron chi connectivity index (χ4n) is 6.28. The number of amides is 3. The van der Waals surface area contributed by atoms with Gasteiger partial charge in [-0.15, -0.1) is 11.8 Å². The molecule has 2 N–H and O–H groups in total. The number of benzene rings is 3. The molecule has 13 heteroatoms. The molecule has 3 amide bonds. The van der Waals surface area contributed by atoms with Gasteiger partial charge in [0, 0.05) is 12.1 Å². The normalized spacial score (nSPS) is 21.3. The third-order valence-electron chi connectivity index (χ3n) is 8.63. The number of alkyl halides is 3. The van der Waals surface area contributed by atoms with Crippen molar-refractivity contribution in [2.24, 2.45) is 0 Å². The zero-order valence-electron chi connectivity index (χ0n) is 28.0. The van der Waals surface area contributed by atoms with Gasteiger partial charge in [-0.1, -0.05) is 72.8 Å². The van der Waals surface area contributed by atoms with Crippen LogP contribution in [-0.2, 0) is 36.5 Å². The number of halogens is 3. The van der Waals surface area contributed by atoms with Crippen LogP contribution in [0, 0.1) is 0 Å². The largest absolute Gasteiger partial charge is 0.451 e. The number of nitrogens with zero attached hydrogens (tertiary/aromatic N) is 1. The van der Waals surface area contributed by atoms with Crippen molar-refractivity contribution >= 4 is 35.6 Å². The molecule has 51 heavy (non-hydrogen) atoms. The van der Waals surface area contributed by atoms with E-state index in [0.717, 1.165) is 12.1 Å². The van der Waals surface area contributed by atoms with E-state index in [1.54, 1.807) is 26.2 Å². The van der Waals surface area contributed by atoms with Crippen molar-refractivity contribution in [3.63, 3.8) is 0 Å². The third kappa shape index (κ3) is 7.83. The van der Waals surface area contributed by atoms with Crippen LogP contribution in [0.1, 0.15) is 55.5 Å². The number of fused-ring (bicyclic) bond motifs is 1. The second-order valence-electron chi connectivity index (χ2n) is 13.3. The summed E-state index contributed by atoms with van der Waals surface area (Å²) in [5.41, 5.74) is 1.28. The minimum atomic E-state index is -4.53. The highest BCUT2D eigenvalue weighted by Gasteiger charge is 2.57. The van der Waals surface area contributed by atoms with Crippen LogP contribution >= 0.6 is 11.8 Å². The number of β-lactam (4-membered cyclic amide) rings is 1. The maximum atomic E-state index is 14.6. The zero-order chi connectivity index (χ0) is 36.5. The summed E-state index contributed by atoms with van der Waals surface area (Å²) in [4.78, 5) is 55.7. The lowest BCUT2D eigenvalue weighted by molar-refractivity contribution is -0.164. The van der Waals surface area contributed by atoms with Crippen molar-refractivity contribution in [1.29, 1.82) is 0 Å². The Bertz CT molecular complexity index is 1830. The Morgan fingerprint density at radius 2 is 1.55 bits per heavy atom. The first-order valence-electron chi connectivity index (χ1n) is 16.4. The van der Waals surface area contributed by atoms with Crippen molar-refractivity contribution < 1.29 is 41.8 Å². The van der Waals surface area contributed by atoms with E-state index in [4.69, 9.17) is 9.47 Å². The maximum absolute atomic E-state index is 14.6. The second kappa shape index (κ2) is 14.3. The Kier molecular flexibility index (Phi) is 10.0. The summed E-state index contributed by atoms with van der Waals surface area (Å²) in [7, 11) is 0. The van der Waals surface area contributed by atoms with Crippen molar-refractivity contribution in [1.82, 2.24) is 15.5 Å². The van der Waals surface area contributed by atoms with E-state index < -0.39 is 58.9 Å². The van der Waals surface area contributed by atoms with E-state index in [2.05, 4.69) is 10.6 Å². The summed E-state index contributed by atoms with van der Waals surface area (Å²) in [6.45, 7) is 5.41. The number of alkyl carbamates (subject to hydrolysis) is 1. The molecule has 3 aliphatic rings. The van der Waals surface area contributed by atoms with E-state index in [9.17, 15) is 32.3 Å². The number of ether oxygens (including phenoxy) is 2. The summed E-state index contributed by atoms with van der Waals surface area (Å²) in [6.07, 6.45) is -5.88. The number of esters is 1. The van der Waals surface area contributed by atoms with Crippen LogP contribution < -0.4 is 10.6 Å². The molecule has 3 aromatic carbocycles. The van der Waals surface area contributed by atoms with Gasteiger partial charge in [0.05, 0.1) is 5.56 Å². The lowest BCUT2D eigenvalue weighted by Gasteiger charge is -2.52. The minimum absolute atomic E-state index is 0.00411. The summed E-state index contributed by atoms with van der Waals surface area (Å²) in [5.74, 6) is -1.71. The third-order valence-corrected chi connectivity index (χ3v) is 9.80. The van der Waals surface area contributed by atoms with E-state index in [1.807, 2.05) is 60.7 Å². The number of thioether (sulfide) groups is 1. The quantitative estimate of drug-likeness (QED) is 0.156. The van der Waals surface area contributed by atoms with Crippen molar-refractivity contribution in [2.45, 2.75) is 69.0 Å². The van der Waals surface area contributed by atoms with Gasteiger partial charge in [-0.05, 0) is 79.0 Å². The van der Waals surface area contributed by atoms with E-state index in [1.165, 1.54) is 28.8 Å². The average molecular weight is 720 g/mol. The van der Waals surface area contributed by atoms with Gasteiger partial charge >= 0.3 is 18.2 Å². The smallest absolute Gasteiger partial charge is 0.416 e. The van der Waals surface area contributed by atoms with Crippen LogP contribution in [0.3, 0.4) is 0 Å². The predicted molar refractivity (Wildman–Crippen MR) is 184 cm³/mol. The minimum Gasteiger partial charge on any atom is -0.451 e. The van der Waals surface area contributed by atoms with E-state index in [0.29, 0.717) is 46.4 Å². The maximum Gasteiger partial charge on any atom is 0.416 e. The van der Waals surface area contributed by atoms with Crippen LogP contribution in [0.5, 0.6) is 0 Å². The molecule has 0 bridgehead atoms. The lowest BCUT2D eigenvalue weighted by atomic mass is 9.86. The molecule has 0 unspecified atom stereocenters. The standard InChI is InChI=1S/C38H36F3N3O6S/c1-37(2,3)50-36(48)43-29-33(46)44-30(35(47)49-31(23-10-6-4-7-11-23)24-12-8-5-9-13-24)28(21-51-34(29)44)27(26-18-19-42-32(26)45)20-22-14-16-25(17-15-22)38(39,40)41/h4-17,21,29-31,34H,18-20H2,1-3H3,(H,42,45)(H,43,48)/t29-,30-,34-/m1/s1. The van der Waals surface area contributed by atoms with E-state index >= 15 is 0 Å². The summed E-state index contributed by atoms with van der Waals surface area (Å²) < 4.78 is 51.8. The molecule has 0 radical (unpaired) electrons. The van der Waals surface area contributed by atoms with Gasteiger partial charge in [0.2, 0.25) is 11.8 Å². The molecule has 0 aromatic heterocycles. The number of hydrogen-bond acceptors (Lipinski definition) is 7. The molecule has 0 saturated carbocycles. The summed E-state index contributed by atoms with van der Waals surface area (Å²) >= 11 is 1.18. The van der Waals surface area contributed by atoms with Crippen LogP contribution in [0.2, 0.25) is 0 Å². The lowest BCUT2D eigenvalue weighted by Crippen LogP contribution is -2.74. The van der Waals surface area contributed by atoms with Gasteiger partial charge in [0.1, 0.15) is 17.0 Å². The molecule has 3 aromatic rings. The SMILES string of the molecule is CC(C)(C)OC(=O)N[C@@H]1C(=O)N2[C@@H](C(=O)OC(c3ccccc3)c3ccccc3)C(C(Cc3ccc(C(F)(F)F)cc3)=C3CCNC3=O)=CS[C@H]12. The number of nitrogens with one attached hydrogen (secondary N) is 2. The number of carbonyl (C=O) groups is 4. The summed E-state index contributed by atoms with van der Waals surface area (Å²) in [5, 5.41) is 6.36. The van der Waals surface area contributed by atoms with Gasteiger partial charge in [0.25, 0.3) is 0 Å². The molecule has 2 fully saturated rings. The molecular weight excluding hydrogens is 683 g/mol. The second-order valence-corrected chi connectivity index (χ2v) is 14.3. The fraction of sp³-hybridized carbons (Fsp3) is 0.316. The van der Waals surface area contributed by atoms with Crippen LogP contribution in [-0.4, -0.2) is 58.4 Å².